The number of ketones is 1. The van der Waals surface area contributed by atoms with Gasteiger partial charge in [-0.2, -0.15) is 13.2 Å². The smallest absolute Gasteiger partial charge is 0.393 e. The van der Waals surface area contributed by atoms with Crippen molar-refractivity contribution >= 4 is 5.78 Å². The SMILES string of the molecule is CC(=O)CCCCCC[C@@H]1[C@@H](CCC(O)c2ccc(C(F)(F)F)cc2)[C@H](O)C[C@@H]1O. The Morgan fingerprint density at radius 1 is 1.00 bits per heavy atom. The Morgan fingerprint density at radius 3 is 2.13 bits per heavy atom. The molecule has 4 nitrogen and oxygen atoms in total. The Balaban J connectivity index is 1.83. The number of benzene rings is 1. The molecule has 1 aliphatic rings. The molecule has 0 radical (unpaired) electrons. The summed E-state index contributed by atoms with van der Waals surface area (Å²) in [5, 5.41) is 31.0. The van der Waals surface area contributed by atoms with Crippen LogP contribution in [-0.4, -0.2) is 33.3 Å². The van der Waals surface area contributed by atoms with Gasteiger partial charge in [-0.1, -0.05) is 31.4 Å². The minimum Gasteiger partial charge on any atom is -0.393 e. The van der Waals surface area contributed by atoms with Gasteiger partial charge in [0.2, 0.25) is 0 Å². The third-order valence-corrected chi connectivity index (χ3v) is 6.23. The van der Waals surface area contributed by atoms with Gasteiger partial charge in [-0.05, 0) is 68.6 Å². The second-order valence-electron chi connectivity index (χ2n) is 8.57. The van der Waals surface area contributed by atoms with Crippen LogP contribution in [0, 0.1) is 11.8 Å². The molecule has 0 aliphatic heterocycles. The minimum atomic E-state index is -4.41. The van der Waals surface area contributed by atoms with E-state index in [1.807, 2.05) is 0 Å². The number of aliphatic hydroxyl groups excluding tert-OH is 3. The van der Waals surface area contributed by atoms with E-state index >= 15 is 0 Å². The molecule has 30 heavy (non-hydrogen) atoms. The molecule has 0 aromatic heterocycles. The largest absolute Gasteiger partial charge is 0.416 e. The molecule has 0 heterocycles. The number of unbranched alkanes of at least 4 members (excludes halogenated alkanes) is 3. The topological polar surface area (TPSA) is 77.8 Å². The molecule has 0 spiro atoms. The molecule has 1 aromatic rings. The van der Waals surface area contributed by atoms with E-state index in [0.717, 1.165) is 44.2 Å². The summed E-state index contributed by atoms with van der Waals surface area (Å²) < 4.78 is 38.0. The van der Waals surface area contributed by atoms with Crippen molar-refractivity contribution in [3.8, 4) is 0 Å². The standard InChI is InChI=1S/C23H33F3O4/c1-15(27)6-4-2-3-5-7-18-19(22(30)14-21(18)29)12-13-20(28)16-8-10-17(11-9-16)23(24,25)26/h8-11,18-22,28-30H,2-7,12-14H2,1H3/t18-,19-,20?,21+,22-/m1/s1. The van der Waals surface area contributed by atoms with Crippen LogP contribution in [0.5, 0.6) is 0 Å². The Labute approximate surface area is 176 Å². The van der Waals surface area contributed by atoms with Gasteiger partial charge in [0.05, 0.1) is 23.9 Å². The maximum Gasteiger partial charge on any atom is 0.416 e. The Morgan fingerprint density at radius 2 is 1.57 bits per heavy atom. The predicted molar refractivity (Wildman–Crippen MR) is 108 cm³/mol. The number of halogens is 3. The maximum atomic E-state index is 12.7. The lowest BCUT2D eigenvalue weighted by Crippen LogP contribution is -2.23. The fraction of sp³-hybridized carbons (Fsp3) is 0.696. The molecule has 7 heteroatoms. The van der Waals surface area contributed by atoms with Crippen molar-refractivity contribution in [2.75, 3.05) is 0 Å². The zero-order valence-electron chi connectivity index (χ0n) is 17.4. The fourth-order valence-electron chi connectivity index (χ4n) is 4.50. The number of alkyl halides is 3. The van der Waals surface area contributed by atoms with E-state index in [9.17, 15) is 33.3 Å². The lowest BCUT2D eigenvalue weighted by atomic mass is 9.84. The van der Waals surface area contributed by atoms with Gasteiger partial charge in [-0.25, -0.2) is 0 Å². The van der Waals surface area contributed by atoms with Crippen LogP contribution in [0.25, 0.3) is 0 Å². The van der Waals surface area contributed by atoms with Crippen molar-refractivity contribution in [1.82, 2.24) is 0 Å². The average molecular weight is 431 g/mol. The van der Waals surface area contributed by atoms with Crippen molar-refractivity contribution in [1.29, 1.82) is 0 Å². The van der Waals surface area contributed by atoms with E-state index in [-0.39, 0.29) is 17.6 Å². The van der Waals surface area contributed by atoms with Crippen molar-refractivity contribution in [2.45, 2.75) is 89.2 Å². The van der Waals surface area contributed by atoms with Crippen LogP contribution < -0.4 is 0 Å². The zero-order valence-corrected chi connectivity index (χ0v) is 17.4. The third-order valence-electron chi connectivity index (χ3n) is 6.23. The molecule has 170 valence electrons. The van der Waals surface area contributed by atoms with Gasteiger partial charge in [0.25, 0.3) is 0 Å². The predicted octanol–water partition coefficient (Wildman–Crippen LogP) is 4.81. The van der Waals surface area contributed by atoms with Crippen LogP contribution in [0.4, 0.5) is 13.2 Å². The van der Waals surface area contributed by atoms with E-state index in [2.05, 4.69) is 0 Å². The van der Waals surface area contributed by atoms with Crippen LogP contribution >= 0.6 is 0 Å². The zero-order chi connectivity index (χ0) is 22.3. The van der Waals surface area contributed by atoms with Crippen LogP contribution in [0.1, 0.15) is 81.9 Å². The summed E-state index contributed by atoms with van der Waals surface area (Å²) in [6.45, 7) is 1.58. The van der Waals surface area contributed by atoms with Gasteiger partial charge < -0.3 is 20.1 Å². The second kappa shape index (κ2) is 11.3. The first kappa shape index (κ1) is 24.8. The average Bonchev–Trinajstić information content (AvgIpc) is 2.94. The van der Waals surface area contributed by atoms with Crippen molar-refractivity contribution < 1.29 is 33.3 Å². The lowest BCUT2D eigenvalue weighted by molar-refractivity contribution is -0.137. The molecule has 5 atom stereocenters. The first-order valence-corrected chi connectivity index (χ1v) is 10.8. The summed E-state index contributed by atoms with van der Waals surface area (Å²) in [6.07, 6.45) is -0.340. The van der Waals surface area contributed by atoms with E-state index in [4.69, 9.17) is 0 Å². The lowest BCUT2D eigenvalue weighted by Gasteiger charge is -2.25. The highest BCUT2D eigenvalue weighted by atomic mass is 19.4. The Kier molecular flexibility index (Phi) is 9.31. The molecule has 0 bridgehead atoms. The molecule has 0 saturated heterocycles. The van der Waals surface area contributed by atoms with Crippen molar-refractivity contribution in [3.63, 3.8) is 0 Å². The summed E-state index contributed by atoms with van der Waals surface area (Å²) >= 11 is 0. The summed E-state index contributed by atoms with van der Waals surface area (Å²) in [6, 6.07) is 4.49. The van der Waals surface area contributed by atoms with E-state index in [0.29, 0.717) is 31.2 Å². The van der Waals surface area contributed by atoms with Crippen molar-refractivity contribution in [3.05, 3.63) is 35.4 Å². The number of carbonyl (C=O) groups excluding carboxylic acids is 1. The Hall–Kier alpha value is -1.44. The summed E-state index contributed by atoms with van der Waals surface area (Å²) in [5.74, 6) is 0.00457. The Bertz CT molecular complexity index is 659. The number of Topliss-reactive ketones (excluding diaryl/α,β-unsaturated/α-hetero) is 1. The van der Waals surface area contributed by atoms with E-state index in [1.165, 1.54) is 12.1 Å². The fourth-order valence-corrected chi connectivity index (χ4v) is 4.50. The summed E-state index contributed by atoms with van der Waals surface area (Å²) in [4.78, 5) is 11.0. The number of hydrogen-bond donors (Lipinski definition) is 3. The monoisotopic (exact) mass is 430 g/mol. The molecule has 0 amide bonds. The highest BCUT2D eigenvalue weighted by Crippen LogP contribution is 2.40. The number of aliphatic hydroxyl groups is 3. The molecule has 1 aliphatic carbocycles. The van der Waals surface area contributed by atoms with Crippen LogP contribution in [-0.2, 0) is 11.0 Å². The van der Waals surface area contributed by atoms with Crippen molar-refractivity contribution in [2.24, 2.45) is 11.8 Å². The highest BCUT2D eigenvalue weighted by Gasteiger charge is 2.41. The van der Waals surface area contributed by atoms with Gasteiger partial charge in [0.1, 0.15) is 5.78 Å². The quantitative estimate of drug-likeness (QED) is 0.441. The van der Waals surface area contributed by atoms with Gasteiger partial charge in [-0.3, -0.25) is 0 Å². The molecular formula is C23H33F3O4. The second-order valence-corrected chi connectivity index (χ2v) is 8.57. The highest BCUT2D eigenvalue weighted by molar-refractivity contribution is 5.75. The number of rotatable bonds is 11. The van der Waals surface area contributed by atoms with Crippen LogP contribution in [0.15, 0.2) is 24.3 Å². The molecule has 1 saturated carbocycles. The molecule has 2 rings (SSSR count). The minimum absolute atomic E-state index is 0.0485. The first-order valence-electron chi connectivity index (χ1n) is 10.8. The number of hydrogen-bond acceptors (Lipinski definition) is 4. The molecule has 3 N–H and O–H groups in total. The summed E-state index contributed by atoms with van der Waals surface area (Å²) in [7, 11) is 0. The third kappa shape index (κ3) is 7.36. The summed E-state index contributed by atoms with van der Waals surface area (Å²) in [5.41, 5.74) is -0.339. The first-order chi connectivity index (χ1) is 14.1. The molecular weight excluding hydrogens is 397 g/mol. The molecule has 1 fully saturated rings. The van der Waals surface area contributed by atoms with Crippen LogP contribution in [0.2, 0.25) is 0 Å². The van der Waals surface area contributed by atoms with Gasteiger partial charge in [0, 0.05) is 6.42 Å². The van der Waals surface area contributed by atoms with Crippen LogP contribution in [0.3, 0.4) is 0 Å². The van der Waals surface area contributed by atoms with Gasteiger partial charge in [0.15, 0.2) is 0 Å². The van der Waals surface area contributed by atoms with E-state index in [1.54, 1.807) is 6.92 Å². The normalized spacial score (nSPS) is 25.4. The van der Waals surface area contributed by atoms with Gasteiger partial charge >= 0.3 is 6.18 Å². The van der Waals surface area contributed by atoms with E-state index < -0.39 is 30.1 Å². The molecule has 1 unspecified atom stereocenters. The number of carbonyl (C=O) groups is 1. The molecule has 1 aromatic carbocycles. The van der Waals surface area contributed by atoms with Gasteiger partial charge in [-0.15, -0.1) is 0 Å². The maximum absolute atomic E-state index is 12.7.